The van der Waals surface area contributed by atoms with E-state index in [-0.39, 0.29) is 6.09 Å². The van der Waals surface area contributed by atoms with E-state index in [1.165, 1.54) is 6.20 Å². The molecule has 1 aromatic heterocycles. The number of benzene rings is 1. The van der Waals surface area contributed by atoms with Crippen LogP contribution >= 0.6 is 0 Å². The molecule has 4 rings (SSSR count). The predicted molar refractivity (Wildman–Crippen MR) is 95.9 cm³/mol. The van der Waals surface area contributed by atoms with Gasteiger partial charge in [-0.15, -0.1) is 0 Å². The number of hydrogen-bond donors (Lipinski definition) is 1. The summed E-state index contributed by atoms with van der Waals surface area (Å²) in [6.07, 6.45) is 1.96. The third-order valence-electron chi connectivity index (χ3n) is 5.07. The summed E-state index contributed by atoms with van der Waals surface area (Å²) in [6.45, 7) is 2.21. The molecule has 1 aromatic carbocycles. The van der Waals surface area contributed by atoms with Crippen LogP contribution < -0.4 is 10.6 Å². The van der Waals surface area contributed by atoms with E-state index in [2.05, 4.69) is 22.0 Å². The van der Waals surface area contributed by atoms with Crippen LogP contribution in [0.4, 0.5) is 10.6 Å². The Balaban J connectivity index is 1.60. The molecule has 7 nitrogen and oxygen atoms in total. The molecule has 0 saturated carbocycles. The zero-order chi connectivity index (χ0) is 18.1. The van der Waals surface area contributed by atoms with Gasteiger partial charge in [0.15, 0.2) is 0 Å². The number of pyridine rings is 1. The summed E-state index contributed by atoms with van der Waals surface area (Å²) in [5.41, 5.74) is 6.41. The fourth-order valence-electron chi connectivity index (χ4n) is 3.75. The van der Waals surface area contributed by atoms with Gasteiger partial charge in [-0.2, -0.15) is 0 Å². The Hall–Kier alpha value is -3.09. The molecule has 2 saturated heterocycles. The molecule has 0 bridgehead atoms. The number of piperazine rings is 1. The number of fused-ring (bicyclic) bond motifs is 1. The quantitative estimate of drug-likeness (QED) is 0.899. The molecule has 3 heterocycles. The number of ether oxygens (including phenoxy) is 1. The van der Waals surface area contributed by atoms with Crippen LogP contribution in [0, 0.1) is 0 Å². The molecule has 2 N–H and O–H groups in total. The van der Waals surface area contributed by atoms with Gasteiger partial charge in [-0.1, -0.05) is 30.3 Å². The van der Waals surface area contributed by atoms with Crippen LogP contribution in [-0.2, 0) is 11.2 Å². The lowest BCUT2D eigenvalue weighted by Crippen LogP contribution is -2.62. The lowest BCUT2D eigenvalue weighted by molar-refractivity contribution is 0.0999. The minimum absolute atomic E-state index is 0.252. The zero-order valence-electron chi connectivity index (χ0n) is 14.3. The number of carbonyl (C=O) groups is 2. The lowest BCUT2D eigenvalue weighted by atomic mass is 9.88. The van der Waals surface area contributed by atoms with Gasteiger partial charge >= 0.3 is 6.09 Å². The monoisotopic (exact) mass is 352 g/mol. The van der Waals surface area contributed by atoms with Crippen molar-refractivity contribution in [3.8, 4) is 0 Å². The van der Waals surface area contributed by atoms with Crippen molar-refractivity contribution in [2.75, 3.05) is 31.1 Å². The minimum Gasteiger partial charge on any atom is -0.447 e. The Morgan fingerprint density at radius 1 is 1.19 bits per heavy atom. The van der Waals surface area contributed by atoms with Crippen LogP contribution in [0.2, 0.25) is 0 Å². The maximum atomic E-state index is 12.2. The van der Waals surface area contributed by atoms with Crippen molar-refractivity contribution in [1.29, 1.82) is 0 Å². The summed E-state index contributed by atoms with van der Waals surface area (Å²) >= 11 is 0. The Morgan fingerprint density at radius 3 is 2.69 bits per heavy atom. The van der Waals surface area contributed by atoms with Gasteiger partial charge in [0.25, 0.3) is 0 Å². The maximum Gasteiger partial charge on any atom is 0.410 e. The van der Waals surface area contributed by atoms with Crippen molar-refractivity contribution in [3.63, 3.8) is 0 Å². The number of carbonyl (C=O) groups excluding carboxylic acids is 2. The van der Waals surface area contributed by atoms with E-state index in [1.807, 2.05) is 23.1 Å². The molecule has 1 unspecified atom stereocenters. The summed E-state index contributed by atoms with van der Waals surface area (Å²) in [5.74, 6) is 0.269. The normalized spacial score (nSPS) is 22.1. The molecule has 2 aromatic rings. The van der Waals surface area contributed by atoms with Crippen LogP contribution in [0.25, 0.3) is 0 Å². The lowest BCUT2D eigenvalue weighted by Gasteiger charge is -2.45. The molecule has 0 aliphatic carbocycles. The molecule has 0 radical (unpaired) electrons. The summed E-state index contributed by atoms with van der Waals surface area (Å²) < 4.78 is 5.39. The van der Waals surface area contributed by atoms with Gasteiger partial charge in [0.2, 0.25) is 5.91 Å². The Kier molecular flexibility index (Phi) is 3.99. The molecule has 2 fully saturated rings. The number of anilines is 1. The van der Waals surface area contributed by atoms with Gasteiger partial charge in [0, 0.05) is 32.3 Å². The summed E-state index contributed by atoms with van der Waals surface area (Å²) in [5, 5.41) is 0. The number of cyclic esters (lactones) is 1. The van der Waals surface area contributed by atoms with Gasteiger partial charge in [-0.05, 0) is 17.7 Å². The van der Waals surface area contributed by atoms with Gasteiger partial charge in [-0.3, -0.25) is 9.69 Å². The Morgan fingerprint density at radius 2 is 2.00 bits per heavy atom. The smallest absolute Gasteiger partial charge is 0.410 e. The minimum atomic E-state index is -0.496. The first kappa shape index (κ1) is 16.4. The molecular formula is C19H20N4O3. The molecule has 7 heteroatoms. The largest absolute Gasteiger partial charge is 0.447 e. The molecular weight excluding hydrogens is 332 g/mol. The predicted octanol–water partition coefficient (Wildman–Crippen LogP) is 1.43. The van der Waals surface area contributed by atoms with E-state index in [0.717, 1.165) is 17.8 Å². The second-order valence-corrected chi connectivity index (χ2v) is 6.78. The van der Waals surface area contributed by atoms with E-state index < -0.39 is 11.4 Å². The highest BCUT2D eigenvalue weighted by atomic mass is 16.6. The third-order valence-corrected chi connectivity index (χ3v) is 5.07. The van der Waals surface area contributed by atoms with Gasteiger partial charge in [0.1, 0.15) is 18.0 Å². The van der Waals surface area contributed by atoms with Crippen LogP contribution in [0.3, 0.4) is 0 Å². The van der Waals surface area contributed by atoms with Crippen LogP contribution in [0.1, 0.15) is 15.9 Å². The number of amides is 2. The summed E-state index contributed by atoms with van der Waals surface area (Å²) in [7, 11) is 0. The molecule has 2 amide bonds. The SMILES string of the molecule is NC(=O)c1ccc(N2CCN3C(=O)OCC3(Cc3ccccc3)C2)nc1. The molecule has 2 aliphatic heterocycles. The van der Waals surface area contributed by atoms with E-state index in [9.17, 15) is 9.59 Å². The number of aromatic nitrogens is 1. The first-order chi connectivity index (χ1) is 12.6. The summed E-state index contributed by atoms with van der Waals surface area (Å²) in [6, 6.07) is 13.6. The highest BCUT2D eigenvalue weighted by Crippen LogP contribution is 2.33. The van der Waals surface area contributed by atoms with Crippen molar-refractivity contribution in [2.45, 2.75) is 12.0 Å². The summed E-state index contributed by atoms with van der Waals surface area (Å²) in [4.78, 5) is 31.8. The van der Waals surface area contributed by atoms with Crippen molar-refractivity contribution < 1.29 is 14.3 Å². The van der Waals surface area contributed by atoms with E-state index in [1.54, 1.807) is 12.1 Å². The standard InChI is InChI=1S/C19H20N4O3/c20-17(24)15-6-7-16(21-11-15)22-8-9-23-18(25)26-13-19(23,12-22)10-14-4-2-1-3-5-14/h1-7,11H,8-10,12-13H2,(H2,20,24). The topological polar surface area (TPSA) is 88.8 Å². The molecule has 26 heavy (non-hydrogen) atoms. The van der Waals surface area contributed by atoms with Gasteiger partial charge in [-0.25, -0.2) is 9.78 Å². The van der Waals surface area contributed by atoms with Gasteiger partial charge < -0.3 is 15.4 Å². The van der Waals surface area contributed by atoms with Crippen molar-refractivity contribution in [3.05, 3.63) is 59.8 Å². The fourth-order valence-corrected chi connectivity index (χ4v) is 3.75. The number of hydrogen-bond acceptors (Lipinski definition) is 5. The van der Waals surface area contributed by atoms with Crippen LogP contribution in [-0.4, -0.2) is 53.7 Å². The molecule has 2 aliphatic rings. The van der Waals surface area contributed by atoms with Crippen molar-refractivity contribution in [2.24, 2.45) is 5.73 Å². The van der Waals surface area contributed by atoms with Crippen molar-refractivity contribution >= 4 is 17.8 Å². The highest BCUT2D eigenvalue weighted by molar-refractivity contribution is 5.92. The van der Waals surface area contributed by atoms with E-state index >= 15 is 0 Å². The maximum absolute atomic E-state index is 12.2. The van der Waals surface area contributed by atoms with Gasteiger partial charge in [0.05, 0.1) is 5.56 Å². The Bertz CT molecular complexity index is 824. The first-order valence-electron chi connectivity index (χ1n) is 8.57. The van der Waals surface area contributed by atoms with E-state index in [0.29, 0.717) is 31.8 Å². The fraction of sp³-hybridized carbons (Fsp3) is 0.316. The number of rotatable bonds is 4. The zero-order valence-corrected chi connectivity index (χ0v) is 14.3. The first-order valence-corrected chi connectivity index (χ1v) is 8.57. The molecule has 1 atom stereocenters. The van der Waals surface area contributed by atoms with E-state index in [4.69, 9.17) is 10.5 Å². The number of nitrogens with two attached hydrogens (primary N) is 1. The van der Waals surface area contributed by atoms with Crippen molar-refractivity contribution in [1.82, 2.24) is 9.88 Å². The average Bonchev–Trinajstić information content (AvgIpc) is 2.98. The highest BCUT2D eigenvalue weighted by Gasteiger charge is 2.50. The number of primary amides is 1. The Labute approximate surface area is 151 Å². The average molecular weight is 352 g/mol. The third kappa shape index (κ3) is 2.85. The van der Waals surface area contributed by atoms with Crippen LogP contribution in [0.5, 0.6) is 0 Å². The molecule has 0 spiro atoms. The molecule has 134 valence electrons. The van der Waals surface area contributed by atoms with Crippen LogP contribution in [0.15, 0.2) is 48.7 Å². The number of nitrogens with zero attached hydrogens (tertiary/aromatic N) is 3. The second kappa shape index (κ2) is 6.33. The second-order valence-electron chi connectivity index (χ2n) is 6.78.